The predicted molar refractivity (Wildman–Crippen MR) is 82.6 cm³/mol. The summed E-state index contributed by atoms with van der Waals surface area (Å²) in [5, 5.41) is 0. The van der Waals surface area contributed by atoms with Gasteiger partial charge in [0.05, 0.1) is 5.69 Å². The van der Waals surface area contributed by atoms with Crippen LogP contribution in [0.1, 0.15) is 32.4 Å². The van der Waals surface area contributed by atoms with E-state index < -0.39 is 5.69 Å². The first-order valence-corrected chi connectivity index (χ1v) is 9.56. The number of hydrogen-bond donors (Lipinski definition) is 1. The summed E-state index contributed by atoms with van der Waals surface area (Å²) in [7, 11) is 0. The Labute approximate surface area is 120 Å². The molecule has 18 heavy (non-hydrogen) atoms. The second kappa shape index (κ2) is 9.96. The Morgan fingerprint density at radius 3 is 1.94 bits per heavy atom. The van der Waals surface area contributed by atoms with E-state index in [2.05, 4.69) is 24.8 Å². The minimum absolute atomic E-state index is 0.409. The lowest BCUT2D eigenvalue weighted by molar-refractivity contribution is -0.420. The Bertz CT molecular complexity index is 350. The second-order valence-electron chi connectivity index (χ2n) is 3.59. The van der Waals surface area contributed by atoms with Crippen LogP contribution in [-0.2, 0) is 33.1 Å². The molecule has 1 aromatic carbocycles. The van der Waals surface area contributed by atoms with Gasteiger partial charge in [-0.15, -0.1) is 0 Å². The molecule has 1 atom stereocenters. The zero-order valence-corrected chi connectivity index (χ0v) is 13.7. The van der Waals surface area contributed by atoms with E-state index in [9.17, 15) is 0 Å². The van der Waals surface area contributed by atoms with Crippen LogP contribution in [0, 0.1) is 0 Å². The third-order valence-corrected chi connectivity index (χ3v) is 4.36. The normalized spacial score (nSPS) is 12.5. The Morgan fingerprint density at radius 1 is 1.22 bits per heavy atom. The summed E-state index contributed by atoms with van der Waals surface area (Å²) in [4.78, 5) is 0. The van der Waals surface area contributed by atoms with Crippen LogP contribution in [0.5, 0.6) is 0 Å². The lowest BCUT2D eigenvalue weighted by Crippen LogP contribution is -2.51. The van der Waals surface area contributed by atoms with Crippen LogP contribution in [0.2, 0.25) is 0 Å². The number of quaternary nitrogens is 1. The maximum Gasteiger partial charge on any atom is 0.107 e. The van der Waals surface area contributed by atoms with Crippen molar-refractivity contribution < 1.29 is 14.8 Å². The predicted octanol–water partition coefficient (Wildman–Crippen LogP) is 2.82. The SMILES string of the molecule is CC([NH3+])c1ccccc1.CCOP(=S)([S-])OCC. The quantitative estimate of drug-likeness (QED) is 0.671. The molecule has 0 aromatic heterocycles. The maximum atomic E-state index is 4.99. The highest BCUT2D eigenvalue weighted by Gasteiger charge is 1.97. The molecule has 104 valence electrons. The van der Waals surface area contributed by atoms with Crippen molar-refractivity contribution in [2.24, 2.45) is 0 Å². The van der Waals surface area contributed by atoms with Gasteiger partial charge in [-0.3, -0.25) is 0 Å². The van der Waals surface area contributed by atoms with E-state index in [1.54, 1.807) is 0 Å². The summed E-state index contributed by atoms with van der Waals surface area (Å²) in [6.07, 6.45) is 0. The smallest absolute Gasteiger partial charge is 0.107 e. The van der Waals surface area contributed by atoms with Crippen LogP contribution in [0.15, 0.2) is 30.3 Å². The summed E-state index contributed by atoms with van der Waals surface area (Å²) in [5.74, 6) is 0. The molecule has 0 radical (unpaired) electrons. The van der Waals surface area contributed by atoms with Gasteiger partial charge in [0.2, 0.25) is 0 Å². The van der Waals surface area contributed by atoms with E-state index in [1.165, 1.54) is 5.56 Å². The molecular weight excluding hydrogens is 285 g/mol. The monoisotopic (exact) mass is 307 g/mol. The molecular formula is C12H22NO2PS2. The second-order valence-corrected chi connectivity index (χ2v) is 8.58. The molecule has 0 aliphatic rings. The molecule has 3 nitrogen and oxygen atoms in total. The van der Waals surface area contributed by atoms with Gasteiger partial charge in [-0.2, -0.15) is 0 Å². The van der Waals surface area contributed by atoms with Gasteiger partial charge in [0.25, 0.3) is 0 Å². The highest BCUT2D eigenvalue weighted by Crippen LogP contribution is 2.45. The van der Waals surface area contributed by atoms with E-state index in [0.29, 0.717) is 19.3 Å². The first-order chi connectivity index (χ1) is 8.43. The van der Waals surface area contributed by atoms with Gasteiger partial charge in [0.1, 0.15) is 6.04 Å². The fourth-order valence-electron chi connectivity index (χ4n) is 1.14. The van der Waals surface area contributed by atoms with Crippen LogP contribution in [0.3, 0.4) is 0 Å². The molecule has 0 saturated carbocycles. The Balaban J connectivity index is 0.000000321. The molecule has 6 heteroatoms. The summed E-state index contributed by atoms with van der Waals surface area (Å²) in [6.45, 7) is 6.88. The Morgan fingerprint density at radius 2 is 1.67 bits per heavy atom. The highest BCUT2D eigenvalue weighted by atomic mass is 32.9. The van der Waals surface area contributed by atoms with Gasteiger partial charge in [0, 0.05) is 18.8 Å². The standard InChI is InChI=1S/C8H11N.C4H11O2PS2/c1-7(9)8-5-3-2-4-6-8;1-3-5-7(8,9)6-4-2/h2-7H,9H2,1H3;3-4H2,1-2H3,(H,8,9). The van der Waals surface area contributed by atoms with Crippen LogP contribution in [-0.4, -0.2) is 13.2 Å². The zero-order chi connectivity index (χ0) is 14.0. The van der Waals surface area contributed by atoms with Crippen molar-refractivity contribution in [1.82, 2.24) is 0 Å². The summed E-state index contributed by atoms with van der Waals surface area (Å²) < 4.78 is 9.98. The van der Waals surface area contributed by atoms with Crippen LogP contribution in [0.4, 0.5) is 0 Å². The van der Waals surface area contributed by atoms with Crippen molar-refractivity contribution in [3.05, 3.63) is 35.9 Å². The van der Waals surface area contributed by atoms with Crippen molar-refractivity contribution in [2.45, 2.75) is 26.8 Å². The van der Waals surface area contributed by atoms with Gasteiger partial charge >= 0.3 is 0 Å². The van der Waals surface area contributed by atoms with E-state index in [1.807, 2.05) is 32.0 Å². The maximum absolute atomic E-state index is 4.99. The topological polar surface area (TPSA) is 46.1 Å². The average molecular weight is 307 g/mol. The van der Waals surface area contributed by atoms with Crippen LogP contribution < -0.4 is 5.73 Å². The van der Waals surface area contributed by atoms with Crippen molar-refractivity contribution in [3.8, 4) is 0 Å². The van der Waals surface area contributed by atoms with Crippen LogP contribution in [0.25, 0.3) is 0 Å². The zero-order valence-electron chi connectivity index (χ0n) is 11.2. The first-order valence-electron chi connectivity index (χ1n) is 5.91. The van der Waals surface area contributed by atoms with E-state index in [0.717, 1.165) is 0 Å². The van der Waals surface area contributed by atoms with Crippen molar-refractivity contribution in [3.63, 3.8) is 0 Å². The van der Waals surface area contributed by atoms with Gasteiger partial charge in [0.15, 0.2) is 0 Å². The molecule has 3 N–H and O–H groups in total. The lowest BCUT2D eigenvalue weighted by atomic mass is 10.1. The highest BCUT2D eigenvalue weighted by molar-refractivity contribution is 8.51. The van der Waals surface area contributed by atoms with E-state index in [4.69, 9.17) is 33.1 Å². The molecule has 1 rings (SSSR count). The molecule has 1 aromatic rings. The van der Waals surface area contributed by atoms with Crippen molar-refractivity contribution in [2.75, 3.05) is 13.2 Å². The Hall–Kier alpha value is 0.1000. The molecule has 0 amide bonds. The van der Waals surface area contributed by atoms with Gasteiger partial charge < -0.3 is 27.0 Å². The first kappa shape index (κ1) is 18.1. The minimum atomic E-state index is -2.28. The summed E-state index contributed by atoms with van der Waals surface area (Å²) >= 11 is 9.65. The molecule has 1 unspecified atom stereocenters. The fraction of sp³-hybridized carbons (Fsp3) is 0.500. The van der Waals surface area contributed by atoms with Gasteiger partial charge in [-0.1, -0.05) is 42.1 Å². The molecule has 0 heterocycles. The third-order valence-electron chi connectivity index (χ3n) is 1.94. The summed E-state index contributed by atoms with van der Waals surface area (Å²) in [6, 6.07) is 10.7. The largest absolute Gasteiger partial charge is 0.691 e. The van der Waals surface area contributed by atoms with E-state index >= 15 is 0 Å². The third kappa shape index (κ3) is 9.09. The summed E-state index contributed by atoms with van der Waals surface area (Å²) in [5.41, 5.74) is 2.94. The molecule has 0 fully saturated rings. The van der Waals surface area contributed by atoms with Crippen molar-refractivity contribution in [1.29, 1.82) is 0 Å². The van der Waals surface area contributed by atoms with Crippen molar-refractivity contribution >= 4 is 29.7 Å². The molecule has 0 saturated heterocycles. The average Bonchev–Trinajstić information content (AvgIpc) is 2.30. The number of benzene rings is 1. The molecule has 0 spiro atoms. The molecule has 0 bridgehead atoms. The van der Waals surface area contributed by atoms with Gasteiger partial charge in [-0.05, 0) is 20.8 Å². The molecule has 0 aliphatic carbocycles. The van der Waals surface area contributed by atoms with E-state index in [-0.39, 0.29) is 0 Å². The lowest BCUT2D eigenvalue weighted by Gasteiger charge is -2.26. The van der Waals surface area contributed by atoms with Gasteiger partial charge in [-0.25, -0.2) is 0 Å². The molecule has 0 aliphatic heterocycles. The number of rotatable bonds is 5. The number of hydrogen-bond acceptors (Lipinski definition) is 4. The minimum Gasteiger partial charge on any atom is -0.691 e. The van der Waals surface area contributed by atoms with Crippen LogP contribution >= 0.6 is 5.69 Å². The fourth-order valence-corrected chi connectivity index (χ4v) is 3.11. The Kier molecular flexibility index (Phi) is 10.0.